The van der Waals surface area contributed by atoms with E-state index in [4.69, 9.17) is 19.4 Å². The highest BCUT2D eigenvalue weighted by molar-refractivity contribution is 7.15. The number of rotatable bonds is 4. The van der Waals surface area contributed by atoms with Gasteiger partial charge in [0.15, 0.2) is 4.96 Å². The van der Waals surface area contributed by atoms with E-state index in [0.717, 1.165) is 50.1 Å². The van der Waals surface area contributed by atoms with Gasteiger partial charge < -0.3 is 14.5 Å². The van der Waals surface area contributed by atoms with Gasteiger partial charge in [0.05, 0.1) is 30.9 Å². The number of hydrogen-bond donors (Lipinski definition) is 1. The molecule has 5 rings (SSSR count). The minimum atomic E-state index is 0.722. The molecule has 0 radical (unpaired) electrons. The SMILES string of the molecule is COc1cc(OC)cc(-c2nc3cccc(-c4cn5ccsc5n4)c3[nH]2)c1. The summed E-state index contributed by atoms with van der Waals surface area (Å²) in [7, 11) is 3.28. The van der Waals surface area contributed by atoms with Crippen molar-refractivity contribution in [2.45, 2.75) is 0 Å². The third-order valence-corrected chi connectivity index (χ3v) is 5.28. The minimum absolute atomic E-state index is 0.722. The lowest BCUT2D eigenvalue weighted by molar-refractivity contribution is 0.394. The summed E-state index contributed by atoms with van der Waals surface area (Å²) < 4.78 is 12.8. The first-order valence-electron chi connectivity index (χ1n) is 8.40. The van der Waals surface area contributed by atoms with E-state index in [2.05, 4.69) is 11.1 Å². The normalized spacial score (nSPS) is 11.3. The number of fused-ring (bicyclic) bond motifs is 2. The average Bonchev–Trinajstić information content (AvgIpc) is 3.41. The van der Waals surface area contributed by atoms with Crippen molar-refractivity contribution < 1.29 is 9.47 Å². The van der Waals surface area contributed by atoms with E-state index in [0.29, 0.717) is 0 Å². The fourth-order valence-corrected chi connectivity index (χ4v) is 3.88. The number of aromatic nitrogens is 4. The molecule has 27 heavy (non-hydrogen) atoms. The lowest BCUT2D eigenvalue weighted by Gasteiger charge is -2.06. The fourth-order valence-electron chi connectivity index (χ4n) is 3.18. The predicted molar refractivity (Wildman–Crippen MR) is 107 cm³/mol. The summed E-state index contributed by atoms with van der Waals surface area (Å²) in [5, 5.41) is 2.02. The first-order valence-corrected chi connectivity index (χ1v) is 9.28. The summed E-state index contributed by atoms with van der Waals surface area (Å²) in [5.74, 6) is 2.20. The van der Waals surface area contributed by atoms with E-state index in [1.807, 2.05) is 52.5 Å². The number of nitrogens with one attached hydrogen (secondary N) is 1. The molecule has 0 saturated carbocycles. The largest absolute Gasteiger partial charge is 0.497 e. The van der Waals surface area contributed by atoms with Gasteiger partial charge in [-0.25, -0.2) is 9.97 Å². The van der Waals surface area contributed by atoms with Gasteiger partial charge in [-0.1, -0.05) is 12.1 Å². The second-order valence-electron chi connectivity index (χ2n) is 6.11. The van der Waals surface area contributed by atoms with Gasteiger partial charge in [0, 0.05) is 35.0 Å². The van der Waals surface area contributed by atoms with Gasteiger partial charge in [-0.3, -0.25) is 4.40 Å². The summed E-state index contributed by atoms with van der Waals surface area (Å²) in [5.41, 5.74) is 4.70. The maximum absolute atomic E-state index is 5.38. The van der Waals surface area contributed by atoms with Crippen molar-refractivity contribution in [2.24, 2.45) is 0 Å². The molecule has 0 bridgehead atoms. The molecule has 3 heterocycles. The summed E-state index contributed by atoms with van der Waals surface area (Å²) in [6.07, 6.45) is 4.05. The number of methoxy groups -OCH3 is 2. The molecular formula is C20H16N4O2S. The number of benzene rings is 2. The average molecular weight is 376 g/mol. The van der Waals surface area contributed by atoms with E-state index in [1.165, 1.54) is 0 Å². The Kier molecular flexibility index (Phi) is 3.61. The summed E-state index contributed by atoms with van der Waals surface area (Å²) in [6, 6.07) is 11.8. The van der Waals surface area contributed by atoms with Gasteiger partial charge in [0.2, 0.25) is 0 Å². The Balaban J connectivity index is 1.67. The number of ether oxygens (including phenoxy) is 2. The van der Waals surface area contributed by atoms with E-state index in [9.17, 15) is 0 Å². The van der Waals surface area contributed by atoms with Crippen molar-refractivity contribution in [3.63, 3.8) is 0 Å². The van der Waals surface area contributed by atoms with Crippen LogP contribution in [0.4, 0.5) is 0 Å². The van der Waals surface area contributed by atoms with E-state index in [1.54, 1.807) is 25.6 Å². The van der Waals surface area contributed by atoms with Gasteiger partial charge in [0.1, 0.15) is 17.3 Å². The van der Waals surface area contributed by atoms with Gasteiger partial charge in [0.25, 0.3) is 0 Å². The Morgan fingerprint density at radius 3 is 2.59 bits per heavy atom. The van der Waals surface area contributed by atoms with Crippen LogP contribution in [0.3, 0.4) is 0 Å². The van der Waals surface area contributed by atoms with Crippen LogP contribution in [0.25, 0.3) is 38.6 Å². The molecule has 6 nitrogen and oxygen atoms in total. The zero-order valence-electron chi connectivity index (χ0n) is 14.8. The first kappa shape index (κ1) is 15.9. The number of thiazole rings is 1. The third kappa shape index (κ3) is 2.63. The molecule has 2 aromatic carbocycles. The van der Waals surface area contributed by atoms with Gasteiger partial charge in [-0.2, -0.15) is 0 Å². The predicted octanol–water partition coefficient (Wildman–Crippen LogP) is 4.62. The Labute approximate surface area is 159 Å². The quantitative estimate of drug-likeness (QED) is 0.497. The molecule has 0 unspecified atom stereocenters. The topological polar surface area (TPSA) is 64.4 Å². The number of nitrogens with zero attached hydrogens (tertiary/aromatic N) is 3. The zero-order valence-corrected chi connectivity index (χ0v) is 15.6. The third-order valence-electron chi connectivity index (χ3n) is 4.51. The fraction of sp³-hybridized carbons (Fsp3) is 0.100. The molecule has 0 aliphatic carbocycles. The maximum atomic E-state index is 5.38. The van der Waals surface area contributed by atoms with Crippen molar-refractivity contribution in [3.8, 4) is 34.1 Å². The van der Waals surface area contributed by atoms with Crippen LogP contribution in [0.1, 0.15) is 0 Å². The molecular weight excluding hydrogens is 360 g/mol. The molecule has 0 amide bonds. The standard InChI is InChI=1S/C20H16N4O2S/c1-25-13-8-12(9-14(10-13)26-2)19-21-16-5-3-4-15(18(16)23-19)17-11-24-6-7-27-20(24)22-17/h3-11H,1-2H3,(H,21,23). The van der Waals surface area contributed by atoms with E-state index in [-0.39, 0.29) is 0 Å². The number of aromatic amines is 1. The number of imidazole rings is 2. The second kappa shape index (κ2) is 6.14. The second-order valence-corrected chi connectivity index (χ2v) is 6.98. The van der Waals surface area contributed by atoms with Gasteiger partial charge in [-0.15, -0.1) is 11.3 Å². The molecule has 7 heteroatoms. The van der Waals surface area contributed by atoms with Crippen LogP contribution >= 0.6 is 11.3 Å². The van der Waals surface area contributed by atoms with Gasteiger partial charge >= 0.3 is 0 Å². The molecule has 0 fully saturated rings. The molecule has 0 atom stereocenters. The minimum Gasteiger partial charge on any atom is -0.497 e. The monoisotopic (exact) mass is 376 g/mol. The molecule has 134 valence electrons. The van der Waals surface area contributed by atoms with Crippen LogP contribution in [0.15, 0.2) is 54.2 Å². The van der Waals surface area contributed by atoms with E-state index >= 15 is 0 Å². The Morgan fingerprint density at radius 1 is 1.04 bits per heavy atom. The molecule has 0 spiro atoms. The maximum Gasteiger partial charge on any atom is 0.194 e. The van der Waals surface area contributed by atoms with Crippen LogP contribution in [0.2, 0.25) is 0 Å². The smallest absolute Gasteiger partial charge is 0.194 e. The summed E-state index contributed by atoms with van der Waals surface area (Å²) >= 11 is 1.62. The highest BCUT2D eigenvalue weighted by Crippen LogP contribution is 2.32. The van der Waals surface area contributed by atoms with Crippen molar-refractivity contribution in [3.05, 3.63) is 54.2 Å². The molecule has 0 aliphatic rings. The lowest BCUT2D eigenvalue weighted by atomic mass is 10.1. The first-order chi connectivity index (χ1) is 13.2. The number of hydrogen-bond acceptors (Lipinski definition) is 5. The van der Waals surface area contributed by atoms with Crippen LogP contribution in [0.5, 0.6) is 11.5 Å². The molecule has 0 saturated heterocycles. The van der Waals surface area contributed by atoms with Crippen LogP contribution in [-0.2, 0) is 0 Å². The zero-order chi connectivity index (χ0) is 18.4. The highest BCUT2D eigenvalue weighted by atomic mass is 32.1. The number of para-hydroxylation sites is 1. The van der Waals surface area contributed by atoms with Crippen molar-refractivity contribution in [1.29, 1.82) is 0 Å². The Morgan fingerprint density at radius 2 is 1.85 bits per heavy atom. The van der Waals surface area contributed by atoms with Crippen LogP contribution in [0, 0.1) is 0 Å². The van der Waals surface area contributed by atoms with Crippen LogP contribution in [-0.4, -0.2) is 33.6 Å². The van der Waals surface area contributed by atoms with Crippen molar-refractivity contribution >= 4 is 27.3 Å². The van der Waals surface area contributed by atoms with Crippen molar-refractivity contribution in [1.82, 2.24) is 19.4 Å². The summed E-state index contributed by atoms with van der Waals surface area (Å²) in [4.78, 5) is 13.9. The van der Waals surface area contributed by atoms with Gasteiger partial charge in [-0.05, 0) is 18.2 Å². The molecule has 0 aliphatic heterocycles. The molecule has 3 aromatic heterocycles. The molecule has 5 aromatic rings. The Hall–Kier alpha value is -3.32. The highest BCUT2D eigenvalue weighted by Gasteiger charge is 2.14. The summed E-state index contributed by atoms with van der Waals surface area (Å²) in [6.45, 7) is 0. The Bertz CT molecular complexity index is 1220. The molecule has 1 N–H and O–H groups in total. The number of H-pyrrole nitrogens is 1. The lowest BCUT2D eigenvalue weighted by Crippen LogP contribution is -1.89. The van der Waals surface area contributed by atoms with E-state index < -0.39 is 0 Å². The van der Waals surface area contributed by atoms with Crippen molar-refractivity contribution in [2.75, 3.05) is 14.2 Å². The van der Waals surface area contributed by atoms with Crippen LogP contribution < -0.4 is 9.47 Å².